The molecule has 0 spiro atoms. The Morgan fingerprint density at radius 1 is 1.29 bits per heavy atom. The average Bonchev–Trinajstić information content (AvgIpc) is 2.43. The van der Waals surface area contributed by atoms with Crippen LogP contribution >= 0.6 is 12.2 Å². The van der Waals surface area contributed by atoms with Crippen LogP contribution in [0.25, 0.3) is 0 Å². The van der Waals surface area contributed by atoms with Crippen LogP contribution < -0.4 is 10.6 Å². The van der Waals surface area contributed by atoms with Gasteiger partial charge in [0.15, 0.2) is 0 Å². The van der Waals surface area contributed by atoms with Crippen molar-refractivity contribution >= 4 is 23.2 Å². The van der Waals surface area contributed by atoms with Crippen LogP contribution in [0.5, 0.6) is 0 Å². The fraction of sp³-hybridized carbons (Fsp3) is 0.333. The van der Waals surface area contributed by atoms with Crippen molar-refractivity contribution in [2.45, 2.75) is 26.8 Å². The van der Waals surface area contributed by atoms with E-state index >= 15 is 0 Å². The summed E-state index contributed by atoms with van der Waals surface area (Å²) in [7, 11) is 0. The van der Waals surface area contributed by atoms with E-state index in [1.54, 1.807) is 6.20 Å². The molecule has 0 bridgehead atoms. The molecule has 0 atom stereocenters. The zero-order valence-corrected chi connectivity index (χ0v) is 13.1. The number of aryl methyl sites for hydroxylation is 2. The van der Waals surface area contributed by atoms with Crippen LogP contribution in [-0.4, -0.2) is 26.5 Å². The minimum absolute atomic E-state index is 0.496. The summed E-state index contributed by atoms with van der Waals surface area (Å²) in [5.41, 5.74) is 8.62. The highest BCUT2D eigenvalue weighted by molar-refractivity contribution is 7.80. The van der Waals surface area contributed by atoms with Gasteiger partial charge in [0, 0.05) is 43.3 Å². The molecule has 0 aromatic carbocycles. The molecule has 2 heterocycles. The summed E-state index contributed by atoms with van der Waals surface area (Å²) in [6, 6.07) is 5.91. The van der Waals surface area contributed by atoms with Gasteiger partial charge < -0.3 is 10.6 Å². The summed E-state index contributed by atoms with van der Waals surface area (Å²) < 4.78 is 0. The Morgan fingerprint density at radius 3 is 2.57 bits per heavy atom. The van der Waals surface area contributed by atoms with E-state index in [9.17, 15) is 0 Å². The minimum Gasteiger partial charge on any atom is -0.393 e. The summed E-state index contributed by atoms with van der Waals surface area (Å²) in [6.45, 7) is 5.30. The molecule has 0 aliphatic rings. The third kappa shape index (κ3) is 4.75. The molecule has 110 valence electrons. The minimum atomic E-state index is 0.496. The molecule has 0 unspecified atom stereocenters. The van der Waals surface area contributed by atoms with Gasteiger partial charge in [-0.05, 0) is 31.5 Å². The van der Waals surface area contributed by atoms with Gasteiger partial charge in [-0.15, -0.1) is 0 Å². The molecule has 0 radical (unpaired) electrons. The zero-order chi connectivity index (χ0) is 15.2. The third-order valence-corrected chi connectivity index (χ3v) is 3.18. The van der Waals surface area contributed by atoms with Crippen molar-refractivity contribution in [1.82, 2.24) is 15.0 Å². The van der Waals surface area contributed by atoms with Crippen molar-refractivity contribution in [3.05, 3.63) is 47.5 Å². The van der Waals surface area contributed by atoms with Gasteiger partial charge in [-0.3, -0.25) is 4.98 Å². The molecule has 2 rings (SSSR count). The number of thiocarbonyl (C=S) groups is 1. The molecule has 2 aromatic rings. The second-order valence-corrected chi connectivity index (χ2v) is 5.47. The number of pyridine rings is 1. The summed E-state index contributed by atoms with van der Waals surface area (Å²) >= 11 is 4.98. The molecule has 0 fully saturated rings. The van der Waals surface area contributed by atoms with Gasteiger partial charge in [0.1, 0.15) is 0 Å². The highest BCUT2D eigenvalue weighted by Gasteiger charge is 2.12. The number of hydrogen-bond donors (Lipinski definition) is 1. The van der Waals surface area contributed by atoms with Gasteiger partial charge in [-0.1, -0.05) is 18.3 Å². The molecule has 5 nitrogen and oxygen atoms in total. The Labute approximate surface area is 130 Å². The fourth-order valence-electron chi connectivity index (χ4n) is 2.06. The van der Waals surface area contributed by atoms with Crippen LogP contribution in [0.1, 0.15) is 23.4 Å². The summed E-state index contributed by atoms with van der Waals surface area (Å²) in [5.74, 6) is 0.701. The molecule has 6 heteroatoms. The normalized spacial score (nSPS) is 10.4. The smallest absolute Gasteiger partial charge is 0.226 e. The summed E-state index contributed by atoms with van der Waals surface area (Å²) in [4.78, 5) is 15.8. The Kier molecular flexibility index (Phi) is 5.16. The molecule has 2 aromatic heterocycles. The van der Waals surface area contributed by atoms with Gasteiger partial charge in [0.05, 0.1) is 4.99 Å². The number of rotatable bonds is 6. The summed E-state index contributed by atoms with van der Waals surface area (Å²) in [5, 5.41) is 0. The third-order valence-electron chi connectivity index (χ3n) is 2.98. The van der Waals surface area contributed by atoms with Crippen LogP contribution in [0.15, 0.2) is 30.6 Å². The number of aromatic nitrogens is 3. The SMILES string of the molecule is Cc1cc(C)nc(N(CCC(N)=S)Cc2cccnc2)n1. The maximum Gasteiger partial charge on any atom is 0.226 e. The van der Waals surface area contributed by atoms with Crippen molar-refractivity contribution in [2.75, 3.05) is 11.4 Å². The van der Waals surface area contributed by atoms with Crippen molar-refractivity contribution < 1.29 is 0 Å². The van der Waals surface area contributed by atoms with E-state index in [-0.39, 0.29) is 0 Å². The second-order valence-electron chi connectivity index (χ2n) is 4.95. The van der Waals surface area contributed by atoms with E-state index in [0.717, 1.165) is 17.0 Å². The van der Waals surface area contributed by atoms with Crippen LogP contribution in [-0.2, 0) is 6.54 Å². The monoisotopic (exact) mass is 301 g/mol. The number of hydrogen-bond acceptors (Lipinski definition) is 5. The van der Waals surface area contributed by atoms with Crippen molar-refractivity contribution in [3.63, 3.8) is 0 Å². The van der Waals surface area contributed by atoms with Gasteiger partial charge in [0.25, 0.3) is 0 Å². The Hall–Kier alpha value is -2.08. The van der Waals surface area contributed by atoms with Crippen LogP contribution in [0.4, 0.5) is 5.95 Å². The number of nitrogens with zero attached hydrogens (tertiary/aromatic N) is 4. The van der Waals surface area contributed by atoms with E-state index in [1.165, 1.54) is 0 Å². The Bertz CT molecular complexity index is 594. The first-order valence-electron chi connectivity index (χ1n) is 6.79. The molecule has 21 heavy (non-hydrogen) atoms. The second kappa shape index (κ2) is 7.08. The van der Waals surface area contributed by atoms with Crippen molar-refractivity contribution in [2.24, 2.45) is 5.73 Å². The predicted octanol–water partition coefficient (Wildman–Crippen LogP) is 2.17. The maximum absolute atomic E-state index is 5.62. The topological polar surface area (TPSA) is 67.9 Å². The van der Waals surface area contributed by atoms with Gasteiger partial charge in [-0.25, -0.2) is 9.97 Å². The molecule has 0 amide bonds. The van der Waals surface area contributed by atoms with Gasteiger partial charge in [-0.2, -0.15) is 0 Å². The van der Waals surface area contributed by atoms with E-state index in [1.807, 2.05) is 38.2 Å². The Morgan fingerprint density at radius 2 is 2.00 bits per heavy atom. The number of anilines is 1. The quantitative estimate of drug-likeness (QED) is 0.825. The molecule has 2 N–H and O–H groups in total. The highest BCUT2D eigenvalue weighted by atomic mass is 32.1. The van der Waals surface area contributed by atoms with Crippen LogP contribution in [0, 0.1) is 13.8 Å². The standard InChI is InChI=1S/C15H19N5S/c1-11-8-12(2)19-15(18-11)20(7-5-14(16)21)10-13-4-3-6-17-9-13/h3-4,6,8-9H,5,7,10H2,1-2H3,(H2,16,21). The van der Waals surface area contributed by atoms with E-state index in [4.69, 9.17) is 18.0 Å². The van der Waals surface area contributed by atoms with Gasteiger partial charge in [0.2, 0.25) is 5.95 Å². The lowest BCUT2D eigenvalue weighted by molar-refractivity contribution is 0.762. The highest BCUT2D eigenvalue weighted by Crippen LogP contribution is 2.14. The largest absolute Gasteiger partial charge is 0.393 e. The van der Waals surface area contributed by atoms with Crippen molar-refractivity contribution in [1.29, 1.82) is 0 Å². The first-order chi connectivity index (χ1) is 10.0. The van der Waals surface area contributed by atoms with E-state index in [2.05, 4.69) is 19.9 Å². The predicted molar refractivity (Wildman–Crippen MR) is 88.2 cm³/mol. The lowest BCUT2D eigenvalue weighted by Gasteiger charge is -2.23. The van der Waals surface area contributed by atoms with E-state index in [0.29, 0.717) is 30.4 Å². The lowest BCUT2D eigenvalue weighted by atomic mass is 10.2. The van der Waals surface area contributed by atoms with Crippen LogP contribution in [0.2, 0.25) is 0 Å². The van der Waals surface area contributed by atoms with Crippen LogP contribution in [0.3, 0.4) is 0 Å². The maximum atomic E-state index is 5.62. The molecule has 0 saturated heterocycles. The van der Waals surface area contributed by atoms with E-state index < -0.39 is 0 Å². The summed E-state index contributed by atoms with van der Waals surface area (Å²) in [6.07, 6.45) is 4.23. The number of nitrogens with two attached hydrogens (primary N) is 1. The zero-order valence-electron chi connectivity index (χ0n) is 12.3. The molecular formula is C15H19N5S. The average molecular weight is 301 g/mol. The molecule has 0 aliphatic heterocycles. The van der Waals surface area contributed by atoms with Gasteiger partial charge >= 0.3 is 0 Å². The van der Waals surface area contributed by atoms with Crippen molar-refractivity contribution in [3.8, 4) is 0 Å². The lowest BCUT2D eigenvalue weighted by Crippen LogP contribution is -2.29. The molecule has 0 aliphatic carbocycles. The fourth-order valence-corrected chi connectivity index (χ4v) is 2.15. The molecule has 0 saturated carbocycles. The first kappa shape index (κ1) is 15.3. The molecular weight excluding hydrogens is 282 g/mol. The first-order valence-corrected chi connectivity index (χ1v) is 7.20. The Balaban J connectivity index is 2.24.